The lowest BCUT2D eigenvalue weighted by Crippen LogP contribution is -2.42. The van der Waals surface area contributed by atoms with E-state index in [2.05, 4.69) is 5.32 Å². The highest BCUT2D eigenvalue weighted by atomic mass is 16.4. The van der Waals surface area contributed by atoms with E-state index in [0.29, 0.717) is 10.8 Å². The Morgan fingerprint density at radius 3 is 2.19 bits per heavy atom. The molecule has 2 amide bonds. The number of carbonyl (C=O) groups is 3. The molecular formula is C15H14N2O4. The summed E-state index contributed by atoms with van der Waals surface area (Å²) in [5, 5.41) is 12.7. The van der Waals surface area contributed by atoms with E-state index >= 15 is 0 Å². The van der Waals surface area contributed by atoms with E-state index in [1.165, 1.54) is 19.1 Å². The van der Waals surface area contributed by atoms with Gasteiger partial charge in [0.1, 0.15) is 6.04 Å². The van der Waals surface area contributed by atoms with Gasteiger partial charge in [-0.2, -0.15) is 0 Å². The molecule has 0 saturated heterocycles. The van der Waals surface area contributed by atoms with Crippen LogP contribution in [0.5, 0.6) is 0 Å². The standard InChI is InChI=1S/C15H14N2O4/c1-8(13(16)18)17-14(19)10-6-2-4-9-5-3-7-11(12(9)10)15(20)21/h2-8H,1H3,(H2,16,18)(H,17,19)(H,20,21). The van der Waals surface area contributed by atoms with Crippen molar-refractivity contribution in [1.82, 2.24) is 5.32 Å². The van der Waals surface area contributed by atoms with E-state index in [9.17, 15) is 19.5 Å². The molecular weight excluding hydrogens is 272 g/mol. The van der Waals surface area contributed by atoms with Gasteiger partial charge in [0, 0.05) is 10.9 Å². The number of hydrogen-bond donors (Lipinski definition) is 3. The van der Waals surface area contributed by atoms with Crippen LogP contribution in [-0.2, 0) is 4.79 Å². The predicted octanol–water partition coefficient (Wildman–Crippen LogP) is 1.14. The number of nitrogens with one attached hydrogen (secondary N) is 1. The Kier molecular flexibility index (Phi) is 3.89. The monoisotopic (exact) mass is 286 g/mol. The van der Waals surface area contributed by atoms with Crippen LogP contribution in [0.1, 0.15) is 27.6 Å². The minimum atomic E-state index is -1.12. The van der Waals surface area contributed by atoms with E-state index in [1.54, 1.807) is 24.3 Å². The number of carbonyl (C=O) groups excluding carboxylic acids is 2. The van der Waals surface area contributed by atoms with Crippen molar-refractivity contribution in [2.75, 3.05) is 0 Å². The van der Waals surface area contributed by atoms with Crippen molar-refractivity contribution in [1.29, 1.82) is 0 Å². The first-order chi connectivity index (χ1) is 9.91. The number of benzene rings is 2. The molecule has 0 aliphatic heterocycles. The molecule has 0 aliphatic carbocycles. The highest BCUT2D eigenvalue weighted by molar-refractivity contribution is 6.14. The molecule has 1 unspecified atom stereocenters. The van der Waals surface area contributed by atoms with Gasteiger partial charge in [-0.05, 0) is 24.4 Å². The summed E-state index contributed by atoms with van der Waals surface area (Å²) in [5.74, 6) is -2.33. The third-order valence-electron chi connectivity index (χ3n) is 3.15. The largest absolute Gasteiger partial charge is 0.478 e. The third-order valence-corrected chi connectivity index (χ3v) is 3.15. The molecule has 0 saturated carbocycles. The lowest BCUT2D eigenvalue weighted by atomic mass is 9.98. The number of rotatable bonds is 4. The summed E-state index contributed by atoms with van der Waals surface area (Å²) in [4.78, 5) is 34.6. The molecule has 1 atom stereocenters. The molecule has 6 heteroatoms. The van der Waals surface area contributed by atoms with Crippen molar-refractivity contribution in [3.05, 3.63) is 47.5 Å². The minimum Gasteiger partial charge on any atom is -0.478 e. The van der Waals surface area contributed by atoms with Crippen LogP contribution in [0.25, 0.3) is 10.8 Å². The molecule has 0 aliphatic rings. The van der Waals surface area contributed by atoms with Gasteiger partial charge in [-0.15, -0.1) is 0 Å². The SMILES string of the molecule is CC(NC(=O)c1cccc2cccc(C(=O)O)c12)C(N)=O. The lowest BCUT2D eigenvalue weighted by Gasteiger charge is -2.13. The number of primary amides is 1. The summed E-state index contributed by atoms with van der Waals surface area (Å²) >= 11 is 0. The van der Waals surface area contributed by atoms with Crippen molar-refractivity contribution in [2.24, 2.45) is 5.73 Å². The summed E-state index contributed by atoms with van der Waals surface area (Å²) in [5.41, 5.74) is 5.33. The zero-order valence-electron chi connectivity index (χ0n) is 11.3. The Hall–Kier alpha value is -2.89. The fraction of sp³-hybridized carbons (Fsp3) is 0.133. The molecule has 0 aromatic heterocycles. The van der Waals surface area contributed by atoms with Gasteiger partial charge in [-0.3, -0.25) is 9.59 Å². The van der Waals surface area contributed by atoms with Gasteiger partial charge in [0.15, 0.2) is 0 Å². The first kappa shape index (κ1) is 14.5. The number of nitrogens with two attached hydrogens (primary N) is 1. The lowest BCUT2D eigenvalue weighted by molar-refractivity contribution is -0.119. The maximum Gasteiger partial charge on any atom is 0.336 e. The summed E-state index contributed by atoms with van der Waals surface area (Å²) in [6, 6.07) is 8.80. The van der Waals surface area contributed by atoms with E-state index < -0.39 is 23.8 Å². The second-order valence-corrected chi connectivity index (χ2v) is 4.61. The van der Waals surface area contributed by atoms with E-state index in [-0.39, 0.29) is 11.1 Å². The Balaban J connectivity index is 2.56. The molecule has 0 radical (unpaired) electrons. The van der Waals surface area contributed by atoms with Gasteiger partial charge >= 0.3 is 5.97 Å². The second kappa shape index (κ2) is 5.62. The zero-order valence-corrected chi connectivity index (χ0v) is 11.3. The molecule has 21 heavy (non-hydrogen) atoms. The van der Waals surface area contributed by atoms with Gasteiger partial charge in [0.05, 0.1) is 5.56 Å². The molecule has 0 heterocycles. The van der Waals surface area contributed by atoms with E-state index in [1.807, 2.05) is 0 Å². The maximum atomic E-state index is 12.2. The fourth-order valence-corrected chi connectivity index (χ4v) is 2.05. The van der Waals surface area contributed by atoms with Crippen LogP contribution >= 0.6 is 0 Å². The molecule has 6 nitrogen and oxygen atoms in total. The van der Waals surface area contributed by atoms with Crippen molar-refractivity contribution in [2.45, 2.75) is 13.0 Å². The fourth-order valence-electron chi connectivity index (χ4n) is 2.05. The Labute approximate surface area is 120 Å². The van der Waals surface area contributed by atoms with Crippen molar-refractivity contribution in [3.8, 4) is 0 Å². The number of aromatic carboxylic acids is 1. The van der Waals surface area contributed by atoms with E-state index in [4.69, 9.17) is 5.73 Å². The van der Waals surface area contributed by atoms with Crippen LogP contribution in [0.15, 0.2) is 36.4 Å². The molecule has 0 bridgehead atoms. The van der Waals surface area contributed by atoms with Crippen molar-refractivity contribution >= 4 is 28.6 Å². The van der Waals surface area contributed by atoms with Crippen molar-refractivity contribution in [3.63, 3.8) is 0 Å². The van der Waals surface area contributed by atoms with Gasteiger partial charge in [0.2, 0.25) is 5.91 Å². The molecule has 0 fully saturated rings. The molecule has 2 aromatic rings. The highest BCUT2D eigenvalue weighted by Crippen LogP contribution is 2.23. The molecule has 4 N–H and O–H groups in total. The molecule has 0 spiro atoms. The quantitative estimate of drug-likeness (QED) is 0.782. The maximum absolute atomic E-state index is 12.2. The molecule has 2 aromatic carbocycles. The predicted molar refractivity (Wildman–Crippen MR) is 77.0 cm³/mol. The van der Waals surface area contributed by atoms with E-state index in [0.717, 1.165) is 0 Å². The van der Waals surface area contributed by atoms with Crippen LogP contribution in [-0.4, -0.2) is 28.9 Å². The van der Waals surface area contributed by atoms with Crippen LogP contribution in [0, 0.1) is 0 Å². The summed E-state index contributed by atoms with van der Waals surface area (Å²) in [7, 11) is 0. The smallest absolute Gasteiger partial charge is 0.336 e. The Morgan fingerprint density at radius 2 is 1.67 bits per heavy atom. The highest BCUT2D eigenvalue weighted by Gasteiger charge is 2.19. The van der Waals surface area contributed by atoms with Crippen LogP contribution in [0.3, 0.4) is 0 Å². The first-order valence-corrected chi connectivity index (χ1v) is 6.27. The molecule has 2 rings (SSSR count). The summed E-state index contributed by atoms with van der Waals surface area (Å²) < 4.78 is 0. The molecule has 108 valence electrons. The zero-order chi connectivity index (χ0) is 15.6. The Bertz CT molecular complexity index is 734. The average molecular weight is 286 g/mol. The number of amides is 2. The van der Waals surface area contributed by atoms with Gasteiger partial charge in [-0.1, -0.05) is 24.3 Å². The number of hydrogen-bond acceptors (Lipinski definition) is 3. The third kappa shape index (κ3) is 2.84. The van der Waals surface area contributed by atoms with Crippen LogP contribution in [0.4, 0.5) is 0 Å². The van der Waals surface area contributed by atoms with Crippen LogP contribution < -0.4 is 11.1 Å². The minimum absolute atomic E-state index is 0.0324. The summed E-state index contributed by atoms with van der Waals surface area (Å²) in [6.45, 7) is 1.46. The topological polar surface area (TPSA) is 109 Å². The van der Waals surface area contributed by atoms with Gasteiger partial charge < -0.3 is 16.2 Å². The number of carboxylic acids is 1. The summed E-state index contributed by atoms with van der Waals surface area (Å²) in [6.07, 6.45) is 0. The van der Waals surface area contributed by atoms with Crippen LogP contribution in [0.2, 0.25) is 0 Å². The Morgan fingerprint density at radius 1 is 1.10 bits per heavy atom. The first-order valence-electron chi connectivity index (χ1n) is 6.27. The average Bonchev–Trinajstić information content (AvgIpc) is 2.45. The number of fused-ring (bicyclic) bond motifs is 1. The van der Waals surface area contributed by atoms with Gasteiger partial charge in [-0.25, -0.2) is 4.79 Å². The van der Waals surface area contributed by atoms with Crippen molar-refractivity contribution < 1.29 is 19.5 Å². The number of carboxylic acid groups (broad SMARTS) is 1. The normalized spacial score (nSPS) is 11.9. The second-order valence-electron chi connectivity index (χ2n) is 4.61. The van der Waals surface area contributed by atoms with Gasteiger partial charge in [0.25, 0.3) is 5.91 Å².